The molecule has 27 heavy (non-hydrogen) atoms. The summed E-state index contributed by atoms with van der Waals surface area (Å²) in [7, 11) is -1.83. The van der Waals surface area contributed by atoms with Crippen molar-refractivity contribution in [2.24, 2.45) is 0 Å². The Balaban J connectivity index is 2.07. The standard InChI is InChI=1S/C20H24O5P2/c1-15(2)22-26-21-14-18-10-6-7-12-20(18)25-27(23-16(3)4)24-19-11-8-9-17(5)13-19/h6-13,26H,1,3,14H2,2,4-5H3. The highest BCUT2D eigenvalue weighted by Crippen LogP contribution is 2.44. The second kappa shape index (κ2) is 10.9. The lowest BCUT2D eigenvalue weighted by atomic mass is 10.2. The van der Waals surface area contributed by atoms with Gasteiger partial charge in [0.15, 0.2) is 0 Å². The molecule has 0 saturated carbocycles. The van der Waals surface area contributed by atoms with Crippen molar-refractivity contribution in [1.82, 2.24) is 0 Å². The van der Waals surface area contributed by atoms with E-state index < -0.39 is 8.60 Å². The van der Waals surface area contributed by atoms with Gasteiger partial charge in [0.1, 0.15) is 11.5 Å². The molecule has 0 aliphatic carbocycles. The Morgan fingerprint density at radius 2 is 1.78 bits per heavy atom. The minimum Gasteiger partial charge on any atom is -0.455 e. The van der Waals surface area contributed by atoms with E-state index in [1.54, 1.807) is 13.8 Å². The van der Waals surface area contributed by atoms with Crippen molar-refractivity contribution in [2.45, 2.75) is 27.4 Å². The largest absolute Gasteiger partial charge is 0.529 e. The van der Waals surface area contributed by atoms with Crippen molar-refractivity contribution in [3.05, 3.63) is 84.3 Å². The third-order valence-corrected chi connectivity index (χ3v) is 4.91. The smallest absolute Gasteiger partial charge is 0.455 e. The summed E-state index contributed by atoms with van der Waals surface area (Å²) in [5, 5.41) is 0. The van der Waals surface area contributed by atoms with Crippen LogP contribution < -0.4 is 9.05 Å². The van der Waals surface area contributed by atoms with Crippen LogP contribution in [0.25, 0.3) is 0 Å². The van der Waals surface area contributed by atoms with E-state index in [9.17, 15) is 0 Å². The summed E-state index contributed by atoms with van der Waals surface area (Å²) in [6.07, 6.45) is 0. The van der Waals surface area contributed by atoms with Crippen molar-refractivity contribution in [3.8, 4) is 11.5 Å². The quantitative estimate of drug-likeness (QED) is 0.233. The fourth-order valence-electron chi connectivity index (χ4n) is 1.94. The third-order valence-electron chi connectivity index (χ3n) is 3.05. The van der Waals surface area contributed by atoms with Gasteiger partial charge in [0.25, 0.3) is 0 Å². The molecule has 7 heteroatoms. The second-order valence-corrected chi connectivity index (χ2v) is 7.45. The average molecular weight is 406 g/mol. The van der Waals surface area contributed by atoms with Crippen LogP contribution in [0.2, 0.25) is 0 Å². The van der Waals surface area contributed by atoms with Crippen LogP contribution >= 0.6 is 17.6 Å². The Morgan fingerprint density at radius 1 is 1.00 bits per heavy atom. The zero-order chi connectivity index (χ0) is 19.6. The predicted octanol–water partition coefficient (Wildman–Crippen LogP) is 6.81. The van der Waals surface area contributed by atoms with E-state index in [1.807, 2.05) is 55.5 Å². The third kappa shape index (κ3) is 8.01. The van der Waals surface area contributed by atoms with Gasteiger partial charge in [-0.1, -0.05) is 43.5 Å². The van der Waals surface area contributed by atoms with Crippen LogP contribution in [0, 0.1) is 6.92 Å². The lowest BCUT2D eigenvalue weighted by Gasteiger charge is -2.19. The molecule has 2 unspecified atom stereocenters. The monoisotopic (exact) mass is 406 g/mol. The van der Waals surface area contributed by atoms with Crippen molar-refractivity contribution in [2.75, 3.05) is 0 Å². The van der Waals surface area contributed by atoms with Gasteiger partial charge < -0.3 is 22.6 Å². The number of para-hydroxylation sites is 1. The van der Waals surface area contributed by atoms with Gasteiger partial charge in [0.2, 0.25) is 9.03 Å². The second-order valence-electron chi connectivity index (χ2n) is 5.80. The van der Waals surface area contributed by atoms with Gasteiger partial charge in [-0.25, -0.2) is 0 Å². The first kappa shape index (κ1) is 21.2. The summed E-state index contributed by atoms with van der Waals surface area (Å²) >= 11 is 0. The molecule has 0 N–H and O–H groups in total. The molecule has 0 bridgehead atoms. The van der Waals surface area contributed by atoms with E-state index in [0.717, 1.165) is 11.1 Å². The topological polar surface area (TPSA) is 46.2 Å². The van der Waals surface area contributed by atoms with Gasteiger partial charge in [0.05, 0.1) is 18.1 Å². The summed E-state index contributed by atoms with van der Waals surface area (Å²) in [5.41, 5.74) is 1.95. The highest BCUT2D eigenvalue weighted by Gasteiger charge is 2.20. The molecule has 0 aliphatic heterocycles. The van der Waals surface area contributed by atoms with Gasteiger partial charge in [-0.2, -0.15) is 0 Å². The number of aryl methyl sites for hydroxylation is 1. The predicted molar refractivity (Wildman–Crippen MR) is 111 cm³/mol. The lowest BCUT2D eigenvalue weighted by Crippen LogP contribution is -2.01. The maximum Gasteiger partial charge on any atom is 0.529 e. The molecule has 0 aliphatic rings. The molecule has 0 amide bonds. The van der Waals surface area contributed by atoms with Crippen molar-refractivity contribution >= 4 is 17.6 Å². The summed E-state index contributed by atoms with van der Waals surface area (Å²) in [6.45, 7) is 13.3. The van der Waals surface area contributed by atoms with Crippen LogP contribution in [0.15, 0.2) is 73.2 Å². The lowest BCUT2D eigenvalue weighted by molar-refractivity contribution is 0.291. The van der Waals surface area contributed by atoms with Gasteiger partial charge in [-0.15, -0.1) is 0 Å². The molecule has 5 nitrogen and oxygen atoms in total. The molecular weight excluding hydrogens is 382 g/mol. The number of hydrogen-bond acceptors (Lipinski definition) is 5. The summed E-state index contributed by atoms with van der Waals surface area (Å²) < 4.78 is 28.4. The van der Waals surface area contributed by atoms with Crippen molar-refractivity contribution in [3.63, 3.8) is 0 Å². The van der Waals surface area contributed by atoms with E-state index >= 15 is 0 Å². The van der Waals surface area contributed by atoms with Crippen LogP contribution in [-0.4, -0.2) is 0 Å². The molecule has 0 spiro atoms. The first-order valence-corrected chi connectivity index (χ1v) is 10.2. The minimum absolute atomic E-state index is 0.123. The van der Waals surface area contributed by atoms with E-state index in [1.165, 1.54) is 0 Å². The molecule has 2 aromatic rings. The van der Waals surface area contributed by atoms with Crippen LogP contribution in [0.3, 0.4) is 0 Å². The van der Waals surface area contributed by atoms with Crippen LogP contribution in [0.4, 0.5) is 0 Å². The fourth-order valence-corrected chi connectivity index (χ4v) is 3.35. The summed E-state index contributed by atoms with van der Waals surface area (Å²) in [4.78, 5) is 0. The molecule has 144 valence electrons. The molecular formula is C20H24O5P2. The molecule has 0 aromatic heterocycles. The first-order chi connectivity index (χ1) is 12.9. The van der Waals surface area contributed by atoms with Crippen LogP contribution in [0.5, 0.6) is 11.5 Å². The molecule has 0 heterocycles. The molecule has 0 saturated heterocycles. The maximum absolute atomic E-state index is 6.00. The Hall–Kier alpha value is -2.06. The Labute approximate surface area is 163 Å². The van der Waals surface area contributed by atoms with E-state index in [-0.39, 0.29) is 9.03 Å². The van der Waals surface area contributed by atoms with E-state index in [4.69, 9.17) is 22.6 Å². The maximum atomic E-state index is 6.00. The fraction of sp³-hybridized carbons (Fsp3) is 0.200. The normalized spacial score (nSPS) is 11.8. The molecule has 2 rings (SSSR count). The van der Waals surface area contributed by atoms with Gasteiger partial charge in [-0.3, -0.25) is 0 Å². The van der Waals surface area contributed by atoms with Gasteiger partial charge >= 0.3 is 8.60 Å². The number of rotatable bonds is 11. The summed E-state index contributed by atoms with van der Waals surface area (Å²) in [6, 6.07) is 15.3. The van der Waals surface area contributed by atoms with Crippen LogP contribution in [0.1, 0.15) is 25.0 Å². The van der Waals surface area contributed by atoms with E-state index in [0.29, 0.717) is 29.6 Å². The Bertz CT molecular complexity index is 778. The number of hydrogen-bond donors (Lipinski definition) is 0. The number of allylic oxidation sites excluding steroid dienone is 2. The molecule has 2 atom stereocenters. The van der Waals surface area contributed by atoms with Crippen molar-refractivity contribution in [1.29, 1.82) is 0 Å². The van der Waals surface area contributed by atoms with E-state index in [2.05, 4.69) is 13.2 Å². The van der Waals surface area contributed by atoms with Crippen molar-refractivity contribution < 1.29 is 22.6 Å². The molecule has 0 radical (unpaired) electrons. The average Bonchev–Trinajstić information content (AvgIpc) is 2.59. The Morgan fingerprint density at radius 3 is 2.48 bits per heavy atom. The Kier molecular flexibility index (Phi) is 8.60. The molecule has 2 aromatic carbocycles. The van der Waals surface area contributed by atoms with Gasteiger partial charge in [0, 0.05) is 5.56 Å². The highest BCUT2D eigenvalue weighted by molar-refractivity contribution is 7.42. The zero-order valence-corrected chi connectivity index (χ0v) is 17.6. The van der Waals surface area contributed by atoms with Gasteiger partial charge in [-0.05, 0) is 44.5 Å². The number of benzene rings is 2. The van der Waals surface area contributed by atoms with Crippen LogP contribution in [-0.2, 0) is 20.2 Å². The summed E-state index contributed by atoms with van der Waals surface area (Å²) in [5.74, 6) is 2.42. The zero-order valence-electron chi connectivity index (χ0n) is 15.7. The highest BCUT2D eigenvalue weighted by atomic mass is 31.2. The molecule has 0 fully saturated rings. The minimum atomic E-state index is -1.71. The first-order valence-electron chi connectivity index (χ1n) is 8.27. The SMILES string of the molecule is C=C(C)OPOCc1ccccc1OP(OC(=C)C)Oc1cccc(C)c1.